The molecule has 142 valence electrons. The highest BCUT2D eigenvalue weighted by Gasteiger charge is 2.26. The SMILES string of the molecule is CCOP(=O)(CCN(CCCO)C(=O)OCc1ccccc1)OCC. The summed E-state index contributed by atoms with van der Waals surface area (Å²) >= 11 is 0. The van der Waals surface area contributed by atoms with Crippen LogP contribution in [-0.4, -0.2) is 55.2 Å². The van der Waals surface area contributed by atoms with Gasteiger partial charge in [0.25, 0.3) is 0 Å². The lowest BCUT2D eigenvalue weighted by Gasteiger charge is -2.24. The Kier molecular flexibility index (Phi) is 10.4. The van der Waals surface area contributed by atoms with Crippen LogP contribution in [0.4, 0.5) is 4.79 Å². The highest BCUT2D eigenvalue weighted by atomic mass is 31.2. The second-order valence-corrected chi connectivity index (χ2v) is 7.46. The van der Waals surface area contributed by atoms with Gasteiger partial charge in [-0.15, -0.1) is 0 Å². The van der Waals surface area contributed by atoms with E-state index in [1.807, 2.05) is 30.3 Å². The maximum Gasteiger partial charge on any atom is 0.410 e. The van der Waals surface area contributed by atoms with Gasteiger partial charge in [0.1, 0.15) is 6.61 Å². The number of amides is 1. The van der Waals surface area contributed by atoms with E-state index in [0.717, 1.165) is 5.56 Å². The Balaban J connectivity index is 2.62. The number of ether oxygens (including phenoxy) is 1. The summed E-state index contributed by atoms with van der Waals surface area (Å²) in [4.78, 5) is 13.7. The molecule has 0 aliphatic carbocycles. The summed E-state index contributed by atoms with van der Waals surface area (Å²) in [5.41, 5.74) is 0.882. The normalized spacial score (nSPS) is 11.3. The maximum atomic E-state index is 12.5. The Labute approximate surface area is 149 Å². The third-order valence-corrected chi connectivity index (χ3v) is 5.40. The number of aliphatic hydroxyl groups is 1. The third kappa shape index (κ3) is 8.50. The molecule has 1 amide bonds. The van der Waals surface area contributed by atoms with E-state index in [-0.39, 0.29) is 39.1 Å². The van der Waals surface area contributed by atoms with Crippen LogP contribution in [0.1, 0.15) is 25.8 Å². The van der Waals surface area contributed by atoms with Crippen molar-refractivity contribution in [2.75, 3.05) is 39.1 Å². The van der Waals surface area contributed by atoms with Gasteiger partial charge in [0.15, 0.2) is 0 Å². The number of carbonyl (C=O) groups excluding carboxylic acids is 1. The third-order valence-electron chi connectivity index (χ3n) is 3.34. The summed E-state index contributed by atoms with van der Waals surface area (Å²) in [6.07, 6.45) is -0.0222. The largest absolute Gasteiger partial charge is 0.445 e. The van der Waals surface area contributed by atoms with E-state index in [1.165, 1.54) is 4.90 Å². The van der Waals surface area contributed by atoms with Gasteiger partial charge < -0.3 is 23.8 Å². The zero-order valence-electron chi connectivity index (χ0n) is 14.9. The van der Waals surface area contributed by atoms with Crippen molar-refractivity contribution in [1.29, 1.82) is 0 Å². The molecule has 0 aliphatic rings. The lowest BCUT2D eigenvalue weighted by atomic mass is 10.2. The average molecular weight is 373 g/mol. The van der Waals surface area contributed by atoms with Crippen LogP contribution in [0.3, 0.4) is 0 Å². The van der Waals surface area contributed by atoms with Crippen LogP contribution in [0.15, 0.2) is 30.3 Å². The van der Waals surface area contributed by atoms with Gasteiger partial charge >= 0.3 is 13.7 Å². The van der Waals surface area contributed by atoms with Gasteiger partial charge in [-0.2, -0.15) is 0 Å². The molecule has 0 heterocycles. The zero-order valence-corrected chi connectivity index (χ0v) is 15.8. The van der Waals surface area contributed by atoms with Crippen LogP contribution in [0.25, 0.3) is 0 Å². The van der Waals surface area contributed by atoms with Crippen LogP contribution in [0, 0.1) is 0 Å². The minimum atomic E-state index is -3.23. The van der Waals surface area contributed by atoms with E-state index < -0.39 is 13.7 Å². The first-order chi connectivity index (χ1) is 12.0. The number of aliphatic hydroxyl groups excluding tert-OH is 1. The van der Waals surface area contributed by atoms with Crippen LogP contribution in [0.5, 0.6) is 0 Å². The fourth-order valence-corrected chi connectivity index (χ4v) is 3.78. The van der Waals surface area contributed by atoms with E-state index in [9.17, 15) is 9.36 Å². The molecule has 1 aromatic rings. The van der Waals surface area contributed by atoms with Crippen molar-refractivity contribution in [3.8, 4) is 0 Å². The molecule has 0 saturated carbocycles. The Hall–Kier alpha value is -1.40. The lowest BCUT2D eigenvalue weighted by Crippen LogP contribution is -2.35. The number of nitrogens with zero attached hydrogens (tertiary/aromatic N) is 1. The summed E-state index contributed by atoms with van der Waals surface area (Å²) < 4.78 is 28.3. The predicted molar refractivity (Wildman–Crippen MR) is 95.6 cm³/mol. The van der Waals surface area contributed by atoms with Crippen LogP contribution in [-0.2, 0) is 25.0 Å². The van der Waals surface area contributed by atoms with Crippen molar-refractivity contribution >= 4 is 13.7 Å². The Bertz CT molecular complexity index is 529. The molecule has 0 fully saturated rings. The van der Waals surface area contributed by atoms with Gasteiger partial charge in [-0.1, -0.05) is 30.3 Å². The molecule has 0 radical (unpaired) electrons. The molecule has 8 heteroatoms. The highest BCUT2D eigenvalue weighted by Crippen LogP contribution is 2.47. The molecule has 25 heavy (non-hydrogen) atoms. The molecule has 0 aromatic heterocycles. The minimum absolute atomic E-state index is 0.0446. The molecule has 0 spiro atoms. The fraction of sp³-hybridized carbons (Fsp3) is 0.588. The zero-order chi connectivity index (χ0) is 18.5. The molecule has 1 N–H and O–H groups in total. The maximum absolute atomic E-state index is 12.5. The summed E-state index contributed by atoms with van der Waals surface area (Å²) in [6.45, 7) is 4.61. The van der Waals surface area contributed by atoms with E-state index in [4.69, 9.17) is 18.9 Å². The van der Waals surface area contributed by atoms with Crippen LogP contribution in [0.2, 0.25) is 0 Å². The molecule has 0 aliphatic heterocycles. The number of benzene rings is 1. The van der Waals surface area contributed by atoms with Crippen LogP contribution < -0.4 is 0 Å². The average Bonchev–Trinajstić information content (AvgIpc) is 2.61. The molecule has 0 unspecified atom stereocenters. The van der Waals surface area contributed by atoms with Crippen LogP contribution >= 0.6 is 7.60 Å². The standard InChI is InChI=1S/C17H28NO6P/c1-3-23-25(21,24-4-2)14-12-18(11-8-13-19)17(20)22-15-16-9-6-5-7-10-16/h5-7,9-10,19H,3-4,8,11-15H2,1-2H3. The summed E-state index contributed by atoms with van der Waals surface area (Å²) in [5, 5.41) is 9.02. The molecule has 0 saturated heterocycles. The Morgan fingerprint density at radius 2 is 1.76 bits per heavy atom. The summed E-state index contributed by atoms with van der Waals surface area (Å²) in [7, 11) is -3.23. The smallest absolute Gasteiger partial charge is 0.410 e. The summed E-state index contributed by atoms with van der Waals surface area (Å²) in [6, 6.07) is 9.35. The second-order valence-electron chi connectivity index (χ2n) is 5.27. The second kappa shape index (κ2) is 12.0. The minimum Gasteiger partial charge on any atom is -0.445 e. The van der Waals surface area contributed by atoms with Crippen molar-refractivity contribution in [2.24, 2.45) is 0 Å². The number of carbonyl (C=O) groups is 1. The van der Waals surface area contributed by atoms with Crippen molar-refractivity contribution < 1.29 is 28.3 Å². The van der Waals surface area contributed by atoms with Crippen molar-refractivity contribution in [2.45, 2.75) is 26.9 Å². The van der Waals surface area contributed by atoms with Gasteiger partial charge in [-0.05, 0) is 25.8 Å². The number of hydrogen-bond acceptors (Lipinski definition) is 6. The van der Waals surface area contributed by atoms with E-state index >= 15 is 0 Å². The first-order valence-electron chi connectivity index (χ1n) is 8.49. The highest BCUT2D eigenvalue weighted by molar-refractivity contribution is 7.53. The fourth-order valence-electron chi connectivity index (χ4n) is 2.17. The molecular weight excluding hydrogens is 345 g/mol. The Morgan fingerprint density at radius 1 is 1.12 bits per heavy atom. The van der Waals surface area contributed by atoms with E-state index in [1.54, 1.807) is 13.8 Å². The van der Waals surface area contributed by atoms with Gasteiger partial charge in [0.05, 0.1) is 19.4 Å². The first kappa shape index (κ1) is 21.6. The van der Waals surface area contributed by atoms with Gasteiger partial charge in [0, 0.05) is 19.7 Å². The lowest BCUT2D eigenvalue weighted by molar-refractivity contribution is 0.0949. The van der Waals surface area contributed by atoms with Crippen molar-refractivity contribution in [1.82, 2.24) is 4.90 Å². The monoisotopic (exact) mass is 373 g/mol. The van der Waals surface area contributed by atoms with E-state index in [0.29, 0.717) is 13.0 Å². The van der Waals surface area contributed by atoms with Gasteiger partial charge in [-0.25, -0.2) is 4.79 Å². The topological polar surface area (TPSA) is 85.3 Å². The van der Waals surface area contributed by atoms with Gasteiger partial charge in [-0.3, -0.25) is 4.57 Å². The van der Waals surface area contributed by atoms with Crippen molar-refractivity contribution in [3.63, 3.8) is 0 Å². The van der Waals surface area contributed by atoms with Gasteiger partial charge in [0.2, 0.25) is 0 Å². The predicted octanol–water partition coefficient (Wildman–Crippen LogP) is 3.27. The van der Waals surface area contributed by atoms with Crippen molar-refractivity contribution in [3.05, 3.63) is 35.9 Å². The molecule has 1 rings (SSSR count). The molecular formula is C17H28NO6P. The molecule has 7 nitrogen and oxygen atoms in total. The molecule has 1 aromatic carbocycles. The first-order valence-corrected chi connectivity index (χ1v) is 10.2. The van der Waals surface area contributed by atoms with E-state index in [2.05, 4.69) is 0 Å². The molecule has 0 bridgehead atoms. The Morgan fingerprint density at radius 3 is 2.32 bits per heavy atom. The number of rotatable bonds is 12. The summed E-state index contributed by atoms with van der Waals surface area (Å²) in [5.74, 6) is 0. The quantitative estimate of drug-likeness (QED) is 0.566. The number of hydrogen-bond donors (Lipinski definition) is 1. The molecule has 0 atom stereocenters.